The Hall–Kier alpha value is 0.520. The van der Waals surface area contributed by atoms with Gasteiger partial charge in [0.1, 0.15) is 0 Å². The monoisotopic (exact) mass is 294 g/mol. The molecule has 1 aliphatic heterocycles. The van der Waals surface area contributed by atoms with Crippen molar-refractivity contribution in [2.45, 2.75) is 30.9 Å². The summed E-state index contributed by atoms with van der Waals surface area (Å²) in [5.74, 6) is 0. The fourth-order valence-corrected chi connectivity index (χ4v) is 7.16. The quantitative estimate of drug-likeness (QED) is 0.470. The van der Waals surface area contributed by atoms with Crippen LogP contribution in [0.2, 0.25) is 0 Å². The third kappa shape index (κ3) is 2.78. The third-order valence-electron chi connectivity index (χ3n) is 2.30. The van der Waals surface area contributed by atoms with Crippen molar-refractivity contribution in [3.63, 3.8) is 0 Å². The summed E-state index contributed by atoms with van der Waals surface area (Å²) < 4.78 is 33.9. The fraction of sp³-hybridized carbons (Fsp3) is 1.00. The molecule has 0 saturated carbocycles. The van der Waals surface area contributed by atoms with Crippen LogP contribution in [0.25, 0.3) is 0 Å². The molecule has 0 N–H and O–H groups in total. The van der Waals surface area contributed by atoms with Crippen molar-refractivity contribution in [1.82, 2.24) is 0 Å². The molecule has 0 aromatic carbocycles. The third-order valence-corrected chi connectivity index (χ3v) is 7.71. The van der Waals surface area contributed by atoms with E-state index in [1.165, 1.54) is 0 Å². The van der Waals surface area contributed by atoms with Gasteiger partial charge in [0.2, 0.25) is 0 Å². The van der Waals surface area contributed by atoms with E-state index < -0.39 is 24.0 Å². The molecule has 1 fully saturated rings. The molecule has 0 aliphatic carbocycles. The molecule has 74 valence electrons. The van der Waals surface area contributed by atoms with Gasteiger partial charge in [0.15, 0.2) is 0 Å². The zero-order valence-electron chi connectivity index (χ0n) is 7.34. The van der Waals surface area contributed by atoms with Crippen molar-refractivity contribution in [1.29, 1.82) is 0 Å². The van der Waals surface area contributed by atoms with Crippen LogP contribution in [0.3, 0.4) is 0 Å². The van der Waals surface area contributed by atoms with Crippen LogP contribution in [0.4, 0.5) is 13.2 Å². The summed E-state index contributed by atoms with van der Waals surface area (Å²) in [5.41, 5.74) is 0.166. The number of rotatable bonds is 0. The second-order valence-electron chi connectivity index (χ2n) is 3.93. The normalized spacial score (nSPS) is 27.2. The molecule has 0 nitrogen and oxygen atoms in total. The van der Waals surface area contributed by atoms with E-state index in [4.69, 9.17) is 0 Å². The fourth-order valence-electron chi connectivity index (χ4n) is 1.17. The number of alkyl halides is 6. The molecular weight excluding hydrogens is 280 g/mol. The Morgan fingerprint density at radius 3 is 1.83 bits per heavy atom. The minimum absolute atomic E-state index is 0.166. The van der Waals surface area contributed by atoms with Gasteiger partial charge >= 0.3 is 78.1 Å². The summed E-state index contributed by atoms with van der Waals surface area (Å²) in [6.45, 7) is 4.13. The van der Waals surface area contributed by atoms with E-state index in [0.717, 1.165) is 12.8 Å². The van der Waals surface area contributed by atoms with Gasteiger partial charge < -0.3 is 0 Å². The molecule has 0 aromatic rings. The number of halogens is 4. The zero-order valence-corrected chi connectivity index (χ0v) is 9.50. The van der Waals surface area contributed by atoms with Crippen LogP contribution in [-0.2, 0) is 0 Å². The maximum absolute atomic E-state index is 12.3. The Labute approximate surface area is 78.3 Å². The SMILES string of the molecule is CC1(C)CCI(C(F)(F)F)CC1. The number of hydrogen-bond donors (Lipinski definition) is 0. The average molecular weight is 294 g/mol. The molecule has 0 unspecified atom stereocenters. The summed E-state index contributed by atoms with van der Waals surface area (Å²) in [5, 5.41) is 0. The van der Waals surface area contributed by atoms with E-state index in [2.05, 4.69) is 13.8 Å². The van der Waals surface area contributed by atoms with Gasteiger partial charge in [-0.1, -0.05) is 0 Å². The van der Waals surface area contributed by atoms with Gasteiger partial charge in [-0.3, -0.25) is 0 Å². The van der Waals surface area contributed by atoms with Crippen molar-refractivity contribution in [2.24, 2.45) is 5.41 Å². The second-order valence-corrected chi connectivity index (χ2v) is 9.91. The molecule has 0 radical (unpaired) electrons. The van der Waals surface area contributed by atoms with E-state index in [0.29, 0.717) is 8.86 Å². The van der Waals surface area contributed by atoms with Gasteiger partial charge in [-0.25, -0.2) is 0 Å². The topological polar surface area (TPSA) is 0 Å². The van der Waals surface area contributed by atoms with Gasteiger partial charge in [-0.2, -0.15) is 0 Å². The van der Waals surface area contributed by atoms with Crippen molar-refractivity contribution >= 4 is 19.8 Å². The summed E-state index contributed by atoms with van der Waals surface area (Å²) in [6.07, 6.45) is 1.55. The first-order valence-corrected chi connectivity index (χ1v) is 8.13. The molecule has 0 aromatic heterocycles. The molecule has 1 aliphatic rings. The van der Waals surface area contributed by atoms with E-state index in [-0.39, 0.29) is 5.41 Å². The van der Waals surface area contributed by atoms with E-state index in [1.807, 2.05) is 0 Å². The Morgan fingerprint density at radius 1 is 1.08 bits per heavy atom. The van der Waals surface area contributed by atoms with Gasteiger partial charge in [-0.15, -0.1) is 0 Å². The van der Waals surface area contributed by atoms with Crippen LogP contribution in [0.5, 0.6) is 0 Å². The predicted molar refractivity (Wildman–Crippen MR) is 52.8 cm³/mol. The second kappa shape index (κ2) is 3.35. The molecule has 1 heterocycles. The van der Waals surface area contributed by atoms with Crippen molar-refractivity contribution in [3.8, 4) is 0 Å². The maximum atomic E-state index is 12.3. The van der Waals surface area contributed by atoms with Crippen LogP contribution in [0, 0.1) is 5.41 Å². The summed E-state index contributed by atoms with van der Waals surface area (Å²) >= 11 is -2.57. The minimum atomic E-state index is -3.81. The van der Waals surface area contributed by atoms with E-state index in [9.17, 15) is 13.2 Å². The standard InChI is InChI=1S/C8H14F3I/c1-7(2)3-5-12(6-4-7)8(9,10)11/h3-6H2,1-2H3. The van der Waals surface area contributed by atoms with Crippen LogP contribution < -0.4 is 0 Å². The van der Waals surface area contributed by atoms with Gasteiger partial charge in [-0.05, 0) is 0 Å². The molecule has 12 heavy (non-hydrogen) atoms. The zero-order chi connectivity index (χ0) is 9.41. The molecule has 0 amide bonds. The summed E-state index contributed by atoms with van der Waals surface area (Å²) in [4.78, 5) is 0. The Kier molecular flexibility index (Phi) is 2.96. The first kappa shape index (κ1) is 10.6. The van der Waals surface area contributed by atoms with E-state index >= 15 is 0 Å². The Balaban J connectivity index is 2.47. The molecule has 0 bridgehead atoms. The van der Waals surface area contributed by atoms with Crippen LogP contribution in [0.1, 0.15) is 26.7 Å². The first-order valence-electron chi connectivity index (χ1n) is 4.00. The van der Waals surface area contributed by atoms with Crippen molar-refractivity contribution in [3.05, 3.63) is 0 Å². The number of hydrogen-bond acceptors (Lipinski definition) is 0. The molecule has 1 saturated heterocycles. The summed E-state index contributed by atoms with van der Waals surface area (Å²) in [6, 6.07) is 0. The molecule has 0 atom stereocenters. The Bertz CT molecular complexity index is 152. The average Bonchev–Trinajstić information content (AvgIpc) is 1.83. The molecular formula is C8H14F3I. The molecule has 4 heteroatoms. The van der Waals surface area contributed by atoms with Gasteiger partial charge in [0, 0.05) is 0 Å². The van der Waals surface area contributed by atoms with E-state index in [1.54, 1.807) is 0 Å². The first-order chi connectivity index (χ1) is 5.31. The van der Waals surface area contributed by atoms with Crippen LogP contribution >= 0.6 is 19.8 Å². The van der Waals surface area contributed by atoms with Gasteiger partial charge in [0.05, 0.1) is 0 Å². The van der Waals surface area contributed by atoms with Crippen LogP contribution in [-0.4, -0.2) is 13.0 Å². The Morgan fingerprint density at radius 2 is 1.50 bits per heavy atom. The van der Waals surface area contributed by atoms with Crippen molar-refractivity contribution < 1.29 is 13.2 Å². The predicted octanol–water partition coefficient (Wildman–Crippen LogP) is 3.83. The summed E-state index contributed by atoms with van der Waals surface area (Å²) in [7, 11) is 0. The molecule has 1 rings (SSSR count). The van der Waals surface area contributed by atoms with Crippen molar-refractivity contribution in [2.75, 3.05) is 8.86 Å². The van der Waals surface area contributed by atoms with Gasteiger partial charge in [0.25, 0.3) is 0 Å². The van der Waals surface area contributed by atoms with Crippen LogP contribution in [0.15, 0.2) is 0 Å². The molecule has 0 spiro atoms.